The van der Waals surface area contributed by atoms with E-state index in [1.54, 1.807) is 18.2 Å². The maximum Gasteiger partial charge on any atom is 0.257 e. The van der Waals surface area contributed by atoms with Crippen LogP contribution in [0, 0.1) is 0 Å². The van der Waals surface area contributed by atoms with Gasteiger partial charge in [-0.2, -0.15) is 0 Å². The van der Waals surface area contributed by atoms with Crippen LogP contribution in [-0.4, -0.2) is 22.3 Å². The van der Waals surface area contributed by atoms with Crippen LogP contribution in [0.4, 0.5) is 0 Å². The summed E-state index contributed by atoms with van der Waals surface area (Å²) in [5, 5.41) is 22.8. The van der Waals surface area contributed by atoms with Gasteiger partial charge in [0.1, 0.15) is 12.0 Å². The van der Waals surface area contributed by atoms with E-state index in [0.29, 0.717) is 5.39 Å². The number of aromatic hydroxyl groups is 1. The van der Waals surface area contributed by atoms with Crippen LogP contribution in [0.15, 0.2) is 36.4 Å². The molecule has 1 unspecified atom stereocenters. The van der Waals surface area contributed by atoms with Crippen LogP contribution in [0.2, 0.25) is 0 Å². The van der Waals surface area contributed by atoms with E-state index in [4.69, 9.17) is 5.11 Å². The summed E-state index contributed by atoms with van der Waals surface area (Å²) in [6.45, 7) is 1.44. The minimum absolute atomic E-state index is 0.0955. The van der Waals surface area contributed by atoms with E-state index in [1.165, 1.54) is 13.0 Å². The van der Waals surface area contributed by atoms with Gasteiger partial charge < -0.3 is 15.5 Å². The van der Waals surface area contributed by atoms with Gasteiger partial charge in [0.05, 0.1) is 5.56 Å². The Morgan fingerprint density at radius 2 is 1.94 bits per heavy atom. The molecule has 88 valence electrons. The van der Waals surface area contributed by atoms with Crippen LogP contribution < -0.4 is 5.32 Å². The molecular formula is C13H13NO3. The van der Waals surface area contributed by atoms with Crippen molar-refractivity contribution in [1.29, 1.82) is 0 Å². The summed E-state index contributed by atoms with van der Waals surface area (Å²) in [6, 6.07) is 10.5. The molecule has 0 bridgehead atoms. The Morgan fingerprint density at radius 3 is 2.65 bits per heavy atom. The number of aliphatic hydroxyl groups is 1. The number of rotatable bonds is 2. The summed E-state index contributed by atoms with van der Waals surface area (Å²) in [7, 11) is 0. The standard InChI is InChI=1S/C13H13NO3/c1-8(15)14-13(17)12-10-5-3-2-4-9(10)6-7-11(12)16/h2-8,15-16H,1H3,(H,14,17). The molecule has 3 N–H and O–H groups in total. The third-order valence-corrected chi connectivity index (χ3v) is 2.47. The number of nitrogens with one attached hydrogen (secondary N) is 1. The summed E-state index contributed by atoms with van der Waals surface area (Å²) in [5.41, 5.74) is 0.184. The largest absolute Gasteiger partial charge is 0.507 e. The highest BCUT2D eigenvalue weighted by Crippen LogP contribution is 2.26. The van der Waals surface area contributed by atoms with Crippen molar-refractivity contribution in [1.82, 2.24) is 5.32 Å². The number of phenols is 1. The molecule has 2 rings (SSSR count). The third-order valence-electron chi connectivity index (χ3n) is 2.47. The molecule has 0 saturated carbocycles. The van der Waals surface area contributed by atoms with Crippen LogP contribution in [0.1, 0.15) is 17.3 Å². The lowest BCUT2D eigenvalue weighted by molar-refractivity contribution is 0.0818. The van der Waals surface area contributed by atoms with Crippen molar-refractivity contribution in [2.45, 2.75) is 13.2 Å². The first kappa shape index (κ1) is 11.4. The summed E-state index contributed by atoms with van der Waals surface area (Å²) in [6.07, 6.45) is -0.958. The van der Waals surface area contributed by atoms with Gasteiger partial charge >= 0.3 is 0 Å². The number of hydrogen-bond acceptors (Lipinski definition) is 3. The maximum atomic E-state index is 11.9. The number of phenolic OH excluding ortho intramolecular Hbond substituents is 1. The first-order valence-corrected chi connectivity index (χ1v) is 5.29. The number of amides is 1. The monoisotopic (exact) mass is 231 g/mol. The van der Waals surface area contributed by atoms with Crippen LogP contribution in [0.5, 0.6) is 5.75 Å². The fraction of sp³-hybridized carbons (Fsp3) is 0.154. The van der Waals surface area contributed by atoms with Crippen LogP contribution in [0.25, 0.3) is 10.8 Å². The van der Waals surface area contributed by atoms with Gasteiger partial charge in [-0.25, -0.2) is 0 Å². The summed E-state index contributed by atoms with van der Waals surface area (Å²) in [4.78, 5) is 11.9. The van der Waals surface area contributed by atoms with Gasteiger partial charge in [-0.05, 0) is 23.8 Å². The van der Waals surface area contributed by atoms with E-state index in [-0.39, 0.29) is 11.3 Å². The molecule has 17 heavy (non-hydrogen) atoms. The smallest absolute Gasteiger partial charge is 0.257 e. The van der Waals surface area contributed by atoms with Gasteiger partial charge in [0, 0.05) is 0 Å². The molecule has 1 amide bonds. The highest BCUT2D eigenvalue weighted by atomic mass is 16.3. The zero-order valence-corrected chi connectivity index (χ0v) is 9.34. The van der Waals surface area contributed by atoms with E-state index in [1.807, 2.05) is 12.1 Å². The zero-order chi connectivity index (χ0) is 12.4. The molecule has 1 atom stereocenters. The molecule has 0 spiro atoms. The highest BCUT2D eigenvalue weighted by molar-refractivity contribution is 6.09. The van der Waals surface area contributed by atoms with Gasteiger partial charge in [0.25, 0.3) is 5.91 Å². The van der Waals surface area contributed by atoms with Crippen molar-refractivity contribution in [2.75, 3.05) is 0 Å². The molecule has 0 aliphatic heterocycles. The Balaban J connectivity index is 2.58. The predicted octanol–water partition coefficient (Wildman–Crippen LogP) is 1.61. The third kappa shape index (κ3) is 2.21. The van der Waals surface area contributed by atoms with Crippen molar-refractivity contribution in [3.63, 3.8) is 0 Å². The minimum Gasteiger partial charge on any atom is -0.507 e. The van der Waals surface area contributed by atoms with Crippen LogP contribution in [-0.2, 0) is 0 Å². The molecule has 0 aliphatic carbocycles. The van der Waals surface area contributed by atoms with Crippen molar-refractivity contribution >= 4 is 16.7 Å². The summed E-state index contributed by atoms with van der Waals surface area (Å²) < 4.78 is 0. The molecule has 4 nitrogen and oxygen atoms in total. The second-order valence-corrected chi connectivity index (χ2v) is 3.83. The number of hydrogen-bond donors (Lipinski definition) is 3. The summed E-state index contributed by atoms with van der Waals surface area (Å²) in [5.74, 6) is -0.587. The number of benzene rings is 2. The topological polar surface area (TPSA) is 69.6 Å². The summed E-state index contributed by atoms with van der Waals surface area (Å²) >= 11 is 0. The Hall–Kier alpha value is -2.07. The van der Waals surface area contributed by atoms with Gasteiger partial charge in [-0.1, -0.05) is 30.3 Å². The van der Waals surface area contributed by atoms with Crippen molar-refractivity contribution in [2.24, 2.45) is 0 Å². The van der Waals surface area contributed by atoms with Gasteiger partial charge in [-0.3, -0.25) is 4.79 Å². The molecule has 0 fully saturated rings. The van der Waals surface area contributed by atoms with E-state index in [9.17, 15) is 9.90 Å². The van der Waals surface area contributed by atoms with Crippen LogP contribution in [0.3, 0.4) is 0 Å². The second-order valence-electron chi connectivity index (χ2n) is 3.83. The predicted molar refractivity (Wildman–Crippen MR) is 64.8 cm³/mol. The van der Waals surface area contributed by atoms with E-state index in [2.05, 4.69) is 5.32 Å². The molecule has 4 heteroatoms. The fourth-order valence-electron chi connectivity index (χ4n) is 1.76. The Kier molecular flexibility index (Phi) is 2.97. The first-order valence-electron chi connectivity index (χ1n) is 5.29. The maximum absolute atomic E-state index is 11.9. The van der Waals surface area contributed by atoms with Gasteiger partial charge in [0.2, 0.25) is 0 Å². The van der Waals surface area contributed by atoms with Crippen molar-refractivity contribution in [3.05, 3.63) is 42.0 Å². The lowest BCUT2D eigenvalue weighted by Crippen LogP contribution is -2.32. The van der Waals surface area contributed by atoms with Crippen LogP contribution >= 0.6 is 0 Å². The average Bonchev–Trinajstić information content (AvgIpc) is 2.27. The second kappa shape index (κ2) is 4.43. The number of fused-ring (bicyclic) bond motifs is 1. The highest BCUT2D eigenvalue weighted by Gasteiger charge is 2.15. The first-order chi connectivity index (χ1) is 8.09. The fourth-order valence-corrected chi connectivity index (χ4v) is 1.76. The van der Waals surface area contributed by atoms with Crippen molar-refractivity contribution < 1.29 is 15.0 Å². The molecule has 2 aromatic rings. The molecule has 0 heterocycles. The SMILES string of the molecule is CC(O)NC(=O)c1c(O)ccc2ccccc12. The van der Waals surface area contributed by atoms with Gasteiger partial charge in [-0.15, -0.1) is 0 Å². The van der Waals surface area contributed by atoms with E-state index >= 15 is 0 Å². The van der Waals surface area contributed by atoms with E-state index in [0.717, 1.165) is 5.39 Å². The molecule has 0 saturated heterocycles. The Bertz CT molecular complexity index is 564. The molecule has 2 aromatic carbocycles. The average molecular weight is 231 g/mol. The normalized spacial score (nSPS) is 12.4. The van der Waals surface area contributed by atoms with E-state index < -0.39 is 12.1 Å². The number of aliphatic hydroxyl groups excluding tert-OH is 1. The molecular weight excluding hydrogens is 218 g/mol. The Labute approximate surface area is 98.5 Å². The number of carbonyl (C=O) groups is 1. The minimum atomic E-state index is -0.958. The quantitative estimate of drug-likeness (QED) is 0.688. The van der Waals surface area contributed by atoms with Gasteiger partial charge in [0.15, 0.2) is 0 Å². The molecule has 0 radical (unpaired) electrons. The lowest BCUT2D eigenvalue weighted by Gasteiger charge is -2.11. The Morgan fingerprint density at radius 1 is 1.24 bits per heavy atom. The zero-order valence-electron chi connectivity index (χ0n) is 9.34. The lowest BCUT2D eigenvalue weighted by atomic mass is 10.0. The molecule has 0 aliphatic rings. The van der Waals surface area contributed by atoms with Crippen molar-refractivity contribution in [3.8, 4) is 5.75 Å². The number of carbonyl (C=O) groups excluding carboxylic acids is 1. The molecule has 0 aromatic heterocycles.